The third-order valence-corrected chi connectivity index (χ3v) is 14.2. The molecule has 10 aromatic carbocycles. The molecule has 69 heavy (non-hydrogen) atoms. The number of benzene rings is 10. The van der Waals surface area contributed by atoms with Crippen LogP contribution in [-0.2, 0) is 0 Å². The highest BCUT2D eigenvalue weighted by Crippen LogP contribution is 2.63. The van der Waals surface area contributed by atoms with Gasteiger partial charge in [-0.2, -0.15) is 0 Å². The summed E-state index contributed by atoms with van der Waals surface area (Å²) in [5.41, 5.74) is 19.1. The molecule has 0 N–H and O–H groups in total. The Hall–Kier alpha value is -8.94. The molecule has 14 rings (SSSR count). The molecule has 326 valence electrons. The van der Waals surface area contributed by atoms with E-state index in [1.54, 1.807) is 0 Å². The molecular formula is C62H42BN3O3. The van der Waals surface area contributed by atoms with E-state index in [9.17, 15) is 0 Å². The maximum atomic E-state index is 7.47. The molecule has 0 fully saturated rings. The van der Waals surface area contributed by atoms with Gasteiger partial charge < -0.3 is 24.0 Å². The maximum absolute atomic E-state index is 7.47. The third kappa shape index (κ3) is 5.93. The van der Waals surface area contributed by atoms with Gasteiger partial charge in [-0.15, -0.1) is 0 Å². The first-order chi connectivity index (χ1) is 34.1. The fraction of sp³-hybridized carbons (Fsp3) is 0.0323. The summed E-state index contributed by atoms with van der Waals surface area (Å²) in [5.74, 6) is 4.75. The van der Waals surface area contributed by atoms with E-state index in [4.69, 9.17) is 14.2 Å². The van der Waals surface area contributed by atoms with Crippen molar-refractivity contribution < 1.29 is 14.2 Å². The lowest BCUT2D eigenvalue weighted by molar-refractivity contribution is 0.444. The number of nitrogens with zero attached hydrogens (tertiary/aromatic N) is 3. The van der Waals surface area contributed by atoms with Crippen LogP contribution in [0.5, 0.6) is 34.5 Å². The van der Waals surface area contributed by atoms with Crippen LogP contribution < -0.4 is 45.3 Å². The predicted molar refractivity (Wildman–Crippen MR) is 282 cm³/mol. The van der Waals surface area contributed by atoms with Gasteiger partial charge in [-0.05, 0) is 131 Å². The van der Waals surface area contributed by atoms with Crippen molar-refractivity contribution in [2.24, 2.45) is 0 Å². The summed E-state index contributed by atoms with van der Waals surface area (Å²) >= 11 is 0. The van der Waals surface area contributed by atoms with Crippen LogP contribution in [0.15, 0.2) is 218 Å². The minimum Gasteiger partial charge on any atom is -0.458 e. The first-order valence-corrected chi connectivity index (χ1v) is 23.5. The largest absolute Gasteiger partial charge is 0.458 e. The zero-order valence-electron chi connectivity index (χ0n) is 37.9. The number of fused-ring (bicyclic) bond motifs is 8. The summed E-state index contributed by atoms with van der Waals surface area (Å²) in [6.07, 6.45) is 0. The Balaban J connectivity index is 1.05. The van der Waals surface area contributed by atoms with Crippen LogP contribution in [-0.4, -0.2) is 6.71 Å². The second-order valence-corrected chi connectivity index (χ2v) is 18.1. The molecule has 0 aliphatic carbocycles. The van der Waals surface area contributed by atoms with Crippen LogP contribution in [0.2, 0.25) is 0 Å². The van der Waals surface area contributed by atoms with Gasteiger partial charge in [0, 0.05) is 40.1 Å². The van der Waals surface area contributed by atoms with E-state index in [1.807, 2.05) is 6.07 Å². The standard InChI is InChI=1S/C62H42BN3O3/c1-39-57-59(40(2)62-60(39)66-50-32-18-20-34-53(50)68-55-35-42(36-56(69-62)61(55)66)48-30-16-15-29-47(48)41-21-7-3-8-22-41)65(45-27-13-6-14-28-45)51-37-46(38-54-58(51)63(57)49-31-17-19-33-52(49)67-54)64(43-23-9-4-10-24-43)44-25-11-5-12-26-44/h3-38H,1-2H3. The van der Waals surface area contributed by atoms with Crippen molar-refractivity contribution in [3.05, 3.63) is 230 Å². The molecule has 0 saturated carbocycles. The summed E-state index contributed by atoms with van der Waals surface area (Å²) in [7, 11) is 0. The van der Waals surface area contributed by atoms with Gasteiger partial charge in [-0.3, -0.25) is 4.90 Å². The van der Waals surface area contributed by atoms with Crippen LogP contribution in [0, 0.1) is 13.8 Å². The summed E-state index contributed by atoms with van der Waals surface area (Å²) in [4.78, 5) is 7.17. The molecule has 0 aromatic heterocycles. The second kappa shape index (κ2) is 15.3. The monoisotopic (exact) mass is 887 g/mol. The molecule has 0 atom stereocenters. The van der Waals surface area contributed by atoms with Gasteiger partial charge in [0.2, 0.25) is 0 Å². The van der Waals surface area contributed by atoms with E-state index >= 15 is 0 Å². The number of anilines is 9. The minimum atomic E-state index is -0.163. The highest BCUT2D eigenvalue weighted by molar-refractivity contribution is 6.99. The second-order valence-electron chi connectivity index (χ2n) is 18.1. The van der Waals surface area contributed by atoms with Gasteiger partial charge in [0.05, 0.1) is 17.1 Å². The van der Waals surface area contributed by atoms with Crippen molar-refractivity contribution in [1.29, 1.82) is 0 Å². The molecule has 4 heterocycles. The molecule has 0 bridgehead atoms. The molecule has 6 nitrogen and oxygen atoms in total. The lowest BCUT2D eigenvalue weighted by atomic mass is 9.33. The molecule has 0 amide bonds. The Kier molecular flexibility index (Phi) is 8.71. The number of rotatable bonds is 6. The average molecular weight is 888 g/mol. The van der Waals surface area contributed by atoms with Gasteiger partial charge in [0.25, 0.3) is 6.71 Å². The van der Waals surface area contributed by atoms with Crippen molar-refractivity contribution >= 4 is 74.3 Å². The van der Waals surface area contributed by atoms with Crippen LogP contribution in [0.1, 0.15) is 11.1 Å². The van der Waals surface area contributed by atoms with Crippen LogP contribution in [0.3, 0.4) is 0 Å². The number of hydrogen-bond acceptors (Lipinski definition) is 6. The molecule has 0 saturated heterocycles. The van der Waals surface area contributed by atoms with E-state index < -0.39 is 0 Å². The third-order valence-electron chi connectivity index (χ3n) is 14.2. The Bertz CT molecular complexity index is 3660. The van der Waals surface area contributed by atoms with E-state index in [0.717, 1.165) is 130 Å². The van der Waals surface area contributed by atoms with Gasteiger partial charge >= 0.3 is 0 Å². The molecule has 4 aliphatic heterocycles. The highest BCUT2D eigenvalue weighted by Gasteiger charge is 2.47. The highest BCUT2D eigenvalue weighted by atomic mass is 16.5. The van der Waals surface area contributed by atoms with Crippen molar-refractivity contribution in [2.75, 3.05) is 14.7 Å². The number of para-hydroxylation sites is 6. The first kappa shape index (κ1) is 39.3. The van der Waals surface area contributed by atoms with Crippen LogP contribution in [0.25, 0.3) is 22.3 Å². The Morgan fingerprint density at radius 1 is 0.377 bits per heavy atom. The zero-order chi connectivity index (χ0) is 45.7. The first-order valence-electron chi connectivity index (χ1n) is 23.5. The lowest BCUT2D eigenvalue weighted by Crippen LogP contribution is -2.60. The molecular weight excluding hydrogens is 846 g/mol. The minimum absolute atomic E-state index is 0.163. The van der Waals surface area contributed by atoms with Crippen LogP contribution in [0.4, 0.5) is 51.2 Å². The van der Waals surface area contributed by atoms with E-state index in [1.165, 1.54) is 5.46 Å². The lowest BCUT2D eigenvalue weighted by Gasteiger charge is -2.45. The summed E-state index contributed by atoms with van der Waals surface area (Å²) in [6, 6.07) is 76.9. The van der Waals surface area contributed by atoms with Gasteiger partial charge in [0.15, 0.2) is 23.0 Å². The van der Waals surface area contributed by atoms with Crippen molar-refractivity contribution in [3.8, 4) is 56.8 Å². The quantitative estimate of drug-likeness (QED) is 0.155. The Morgan fingerprint density at radius 3 is 1.65 bits per heavy atom. The summed E-state index contributed by atoms with van der Waals surface area (Å²) in [5, 5.41) is 0. The molecule has 4 aliphatic rings. The Labute approximate surface area is 401 Å². The van der Waals surface area contributed by atoms with E-state index in [0.29, 0.717) is 0 Å². The molecule has 10 aromatic rings. The van der Waals surface area contributed by atoms with Crippen molar-refractivity contribution in [3.63, 3.8) is 0 Å². The SMILES string of the molecule is Cc1c2c(c(C)c3c1N1c4ccccc4Oc4cc(-c5ccccc5-c5ccccc5)cc(c41)O3)N(c1ccccc1)c1cc(N(c3ccccc3)c3ccccc3)cc3c1B2c1ccccc1O3. The Morgan fingerprint density at radius 2 is 0.942 bits per heavy atom. The van der Waals surface area contributed by atoms with Gasteiger partial charge in [0.1, 0.15) is 17.2 Å². The van der Waals surface area contributed by atoms with Crippen LogP contribution >= 0.6 is 0 Å². The molecule has 0 unspecified atom stereocenters. The van der Waals surface area contributed by atoms with Gasteiger partial charge in [-0.1, -0.05) is 140 Å². The normalized spacial score (nSPS) is 13.0. The van der Waals surface area contributed by atoms with Crippen molar-refractivity contribution in [2.45, 2.75) is 13.8 Å². The van der Waals surface area contributed by atoms with Crippen molar-refractivity contribution in [1.82, 2.24) is 0 Å². The maximum Gasteiger partial charge on any atom is 0.256 e. The number of ether oxygens (including phenoxy) is 3. The zero-order valence-corrected chi connectivity index (χ0v) is 37.9. The molecule has 7 heteroatoms. The fourth-order valence-corrected chi connectivity index (χ4v) is 11.3. The van der Waals surface area contributed by atoms with Gasteiger partial charge in [-0.25, -0.2) is 0 Å². The van der Waals surface area contributed by atoms with E-state index in [-0.39, 0.29) is 6.71 Å². The predicted octanol–water partition coefficient (Wildman–Crippen LogP) is 15.2. The average Bonchev–Trinajstić information content (AvgIpc) is 3.41. The van der Waals surface area contributed by atoms with E-state index in [2.05, 4.69) is 241 Å². The number of hydrogen-bond donors (Lipinski definition) is 0. The molecule has 0 spiro atoms. The molecule has 0 radical (unpaired) electrons. The smallest absolute Gasteiger partial charge is 0.256 e. The summed E-state index contributed by atoms with van der Waals surface area (Å²) < 4.78 is 21.5. The topological polar surface area (TPSA) is 37.4 Å². The summed E-state index contributed by atoms with van der Waals surface area (Å²) in [6.45, 7) is 4.35. The fourth-order valence-electron chi connectivity index (χ4n) is 11.3.